The van der Waals surface area contributed by atoms with E-state index in [2.05, 4.69) is 33.8 Å². The summed E-state index contributed by atoms with van der Waals surface area (Å²) in [4.78, 5) is 29.9. The van der Waals surface area contributed by atoms with Crippen molar-refractivity contribution < 1.29 is 9.59 Å². The summed E-state index contributed by atoms with van der Waals surface area (Å²) in [5.74, 6) is 1.17. The van der Waals surface area contributed by atoms with Crippen LogP contribution in [-0.4, -0.2) is 42.0 Å². The Labute approximate surface area is 146 Å². The third-order valence-corrected chi connectivity index (χ3v) is 4.99. The summed E-state index contributed by atoms with van der Waals surface area (Å²) in [5.41, 5.74) is 3.24. The summed E-state index contributed by atoms with van der Waals surface area (Å²) in [6, 6.07) is 11.5. The number of hydrogen-bond acceptors (Lipinski definition) is 3. The molecule has 0 bridgehead atoms. The lowest BCUT2D eigenvalue weighted by molar-refractivity contribution is 0.0827. The maximum absolute atomic E-state index is 12.3. The molecule has 1 saturated carbocycles. The summed E-state index contributed by atoms with van der Waals surface area (Å²) in [6.07, 6.45) is 2.55. The SMILES string of the molecule is CN(C)C(=O)c1ccnc(NC(=O)N[C@@H]2[C@H]3Cc4ccccc4[C@H]32)c1. The van der Waals surface area contributed by atoms with Crippen molar-refractivity contribution in [1.29, 1.82) is 0 Å². The Bertz CT molecular complexity index is 849. The highest BCUT2D eigenvalue weighted by molar-refractivity contribution is 5.96. The van der Waals surface area contributed by atoms with Crippen molar-refractivity contribution in [2.75, 3.05) is 19.4 Å². The second-order valence-corrected chi connectivity index (χ2v) is 6.85. The Morgan fingerprint density at radius 1 is 1.20 bits per heavy atom. The monoisotopic (exact) mass is 336 g/mol. The number of anilines is 1. The molecule has 0 radical (unpaired) electrons. The van der Waals surface area contributed by atoms with Gasteiger partial charge in [-0.15, -0.1) is 0 Å². The Hall–Kier alpha value is -2.89. The summed E-state index contributed by atoms with van der Waals surface area (Å²) in [5, 5.41) is 5.76. The number of aromatic nitrogens is 1. The number of nitrogens with one attached hydrogen (secondary N) is 2. The maximum atomic E-state index is 12.3. The predicted octanol–water partition coefficient (Wildman–Crippen LogP) is 2.24. The molecule has 0 spiro atoms. The fourth-order valence-corrected chi connectivity index (χ4v) is 3.74. The Morgan fingerprint density at radius 2 is 2.00 bits per heavy atom. The Balaban J connectivity index is 1.38. The maximum Gasteiger partial charge on any atom is 0.320 e. The van der Waals surface area contributed by atoms with E-state index in [1.165, 1.54) is 22.2 Å². The van der Waals surface area contributed by atoms with Gasteiger partial charge in [0.05, 0.1) is 0 Å². The summed E-state index contributed by atoms with van der Waals surface area (Å²) in [7, 11) is 3.37. The number of rotatable bonds is 3. The smallest absolute Gasteiger partial charge is 0.320 e. The van der Waals surface area contributed by atoms with Crippen LogP contribution in [0, 0.1) is 5.92 Å². The number of nitrogens with zero attached hydrogens (tertiary/aromatic N) is 2. The quantitative estimate of drug-likeness (QED) is 0.903. The van der Waals surface area contributed by atoms with Crippen molar-refractivity contribution in [1.82, 2.24) is 15.2 Å². The second kappa shape index (κ2) is 5.88. The van der Waals surface area contributed by atoms with Crippen molar-refractivity contribution in [2.24, 2.45) is 5.92 Å². The van der Waals surface area contributed by atoms with Crippen LogP contribution in [0.1, 0.15) is 27.4 Å². The van der Waals surface area contributed by atoms with Crippen molar-refractivity contribution in [2.45, 2.75) is 18.4 Å². The van der Waals surface area contributed by atoms with Gasteiger partial charge in [-0.05, 0) is 35.6 Å². The fraction of sp³-hybridized carbons (Fsp3) is 0.316. The number of hydrogen-bond donors (Lipinski definition) is 2. The third kappa shape index (κ3) is 2.84. The number of pyridine rings is 1. The van der Waals surface area contributed by atoms with E-state index >= 15 is 0 Å². The van der Waals surface area contributed by atoms with Gasteiger partial charge in [-0.2, -0.15) is 0 Å². The minimum absolute atomic E-state index is 0.126. The van der Waals surface area contributed by atoms with Gasteiger partial charge in [0.1, 0.15) is 5.82 Å². The Morgan fingerprint density at radius 3 is 2.80 bits per heavy atom. The first-order valence-corrected chi connectivity index (χ1v) is 8.37. The van der Waals surface area contributed by atoms with Crippen LogP contribution in [0.15, 0.2) is 42.6 Å². The molecule has 2 aliphatic rings. The molecule has 4 rings (SSSR count). The number of carbonyl (C=O) groups is 2. The van der Waals surface area contributed by atoms with Gasteiger partial charge in [-0.25, -0.2) is 9.78 Å². The molecule has 1 aromatic carbocycles. The molecule has 6 nitrogen and oxygen atoms in total. The van der Waals surface area contributed by atoms with Crippen molar-refractivity contribution >= 4 is 17.8 Å². The summed E-state index contributed by atoms with van der Waals surface area (Å²) in [6.45, 7) is 0. The van der Waals surface area contributed by atoms with Gasteiger partial charge in [0.15, 0.2) is 0 Å². The standard InChI is InChI=1S/C19H20N4O2/c1-23(2)18(24)12-7-8-20-15(10-12)21-19(25)22-17-14-9-11-5-3-4-6-13(11)16(14)17/h3-8,10,14,16-17H,9H2,1-2H3,(H2,20,21,22,25)/t14-,16+,17+/m0/s1. The van der Waals surface area contributed by atoms with Crippen molar-refractivity contribution in [3.63, 3.8) is 0 Å². The number of fused-ring (bicyclic) bond motifs is 3. The molecule has 2 N–H and O–H groups in total. The van der Waals surface area contributed by atoms with Gasteiger partial charge in [0.2, 0.25) is 0 Å². The van der Waals surface area contributed by atoms with Gasteiger partial charge >= 0.3 is 6.03 Å². The average Bonchev–Trinajstić information content (AvgIpc) is 3.10. The minimum Gasteiger partial charge on any atom is -0.345 e. The van der Waals surface area contributed by atoms with E-state index in [0.29, 0.717) is 23.2 Å². The molecule has 1 heterocycles. The molecule has 3 atom stereocenters. The highest BCUT2D eigenvalue weighted by Gasteiger charge is 2.56. The molecule has 0 aliphatic heterocycles. The highest BCUT2D eigenvalue weighted by Crippen LogP contribution is 2.56. The molecule has 0 unspecified atom stereocenters. The van der Waals surface area contributed by atoms with Crippen LogP contribution in [0.5, 0.6) is 0 Å². The predicted molar refractivity (Wildman–Crippen MR) is 94.6 cm³/mol. The van der Waals surface area contributed by atoms with E-state index in [4.69, 9.17) is 0 Å². The van der Waals surface area contributed by atoms with Crippen LogP contribution in [0.3, 0.4) is 0 Å². The largest absolute Gasteiger partial charge is 0.345 e. The molecule has 2 aliphatic carbocycles. The summed E-state index contributed by atoms with van der Waals surface area (Å²) < 4.78 is 0. The van der Waals surface area contributed by atoms with Crippen LogP contribution >= 0.6 is 0 Å². The molecular weight excluding hydrogens is 316 g/mol. The first-order chi connectivity index (χ1) is 12.0. The van der Waals surface area contributed by atoms with Crippen molar-refractivity contribution in [3.8, 4) is 0 Å². The molecule has 1 aromatic heterocycles. The zero-order valence-electron chi connectivity index (χ0n) is 14.2. The molecule has 3 amide bonds. The lowest BCUT2D eigenvalue weighted by Crippen LogP contribution is -2.33. The van der Waals surface area contributed by atoms with E-state index in [0.717, 1.165) is 6.42 Å². The van der Waals surface area contributed by atoms with Crippen LogP contribution in [-0.2, 0) is 6.42 Å². The van der Waals surface area contributed by atoms with Crippen LogP contribution in [0.25, 0.3) is 0 Å². The fourth-order valence-electron chi connectivity index (χ4n) is 3.74. The van der Waals surface area contributed by atoms with Crippen LogP contribution in [0.2, 0.25) is 0 Å². The third-order valence-electron chi connectivity index (χ3n) is 4.99. The molecule has 2 aromatic rings. The molecule has 128 valence electrons. The van der Waals surface area contributed by atoms with E-state index in [9.17, 15) is 9.59 Å². The van der Waals surface area contributed by atoms with Gasteiger partial charge in [-0.1, -0.05) is 24.3 Å². The number of carbonyl (C=O) groups excluding carboxylic acids is 2. The Kier molecular flexibility index (Phi) is 3.67. The van der Waals surface area contributed by atoms with Gasteiger partial charge in [0, 0.05) is 37.8 Å². The van der Waals surface area contributed by atoms with Gasteiger partial charge in [0.25, 0.3) is 5.91 Å². The lowest BCUT2D eigenvalue weighted by atomic mass is 10.1. The van der Waals surface area contributed by atoms with Crippen LogP contribution < -0.4 is 10.6 Å². The molecule has 25 heavy (non-hydrogen) atoms. The lowest BCUT2D eigenvalue weighted by Gasteiger charge is -2.12. The number of benzene rings is 1. The van der Waals surface area contributed by atoms with E-state index in [1.807, 2.05) is 6.07 Å². The minimum atomic E-state index is -0.279. The van der Waals surface area contributed by atoms with E-state index in [-0.39, 0.29) is 18.0 Å². The van der Waals surface area contributed by atoms with Crippen molar-refractivity contribution in [3.05, 3.63) is 59.3 Å². The molecule has 1 fully saturated rings. The number of amides is 3. The number of urea groups is 1. The second-order valence-electron chi connectivity index (χ2n) is 6.85. The molecule has 6 heteroatoms. The topological polar surface area (TPSA) is 74.3 Å². The zero-order valence-corrected chi connectivity index (χ0v) is 14.2. The summed E-state index contributed by atoms with van der Waals surface area (Å²) >= 11 is 0. The highest BCUT2D eigenvalue weighted by atomic mass is 16.2. The van der Waals surface area contributed by atoms with E-state index < -0.39 is 0 Å². The van der Waals surface area contributed by atoms with Gasteiger partial charge < -0.3 is 10.2 Å². The first kappa shape index (κ1) is 15.6. The molecule has 0 saturated heterocycles. The first-order valence-electron chi connectivity index (χ1n) is 8.37. The molecular formula is C19H20N4O2. The van der Waals surface area contributed by atoms with Crippen LogP contribution in [0.4, 0.5) is 10.6 Å². The normalized spacial score (nSPS) is 22.6. The zero-order chi connectivity index (χ0) is 17.6. The van der Waals surface area contributed by atoms with E-state index in [1.54, 1.807) is 26.2 Å². The van der Waals surface area contributed by atoms with Gasteiger partial charge in [-0.3, -0.25) is 10.1 Å². The average molecular weight is 336 g/mol.